The molecule has 0 fully saturated rings. The molecule has 1 aliphatic rings. The highest BCUT2D eigenvalue weighted by molar-refractivity contribution is 5.90. The second-order valence-corrected chi connectivity index (χ2v) is 7.60. The Kier molecular flexibility index (Phi) is 5.85. The van der Waals surface area contributed by atoms with Crippen molar-refractivity contribution in [3.05, 3.63) is 82.9 Å². The Hall–Kier alpha value is -3.47. The number of ether oxygens (including phenoxy) is 1. The molecule has 160 valence electrons. The van der Waals surface area contributed by atoms with Gasteiger partial charge in [0.1, 0.15) is 11.5 Å². The second-order valence-electron chi connectivity index (χ2n) is 7.60. The van der Waals surface area contributed by atoms with Gasteiger partial charge in [-0.2, -0.15) is 0 Å². The summed E-state index contributed by atoms with van der Waals surface area (Å²) >= 11 is 0. The molecule has 0 aliphatic carbocycles. The maximum absolute atomic E-state index is 12.0. The minimum Gasteiger partial charge on any atom is -0.478 e. The van der Waals surface area contributed by atoms with Gasteiger partial charge in [0.2, 0.25) is 0 Å². The first kappa shape index (κ1) is 20.8. The molecule has 3 aromatic carbocycles. The lowest BCUT2D eigenvalue weighted by Gasteiger charge is -2.31. The predicted molar refractivity (Wildman–Crippen MR) is 125 cm³/mol. The Morgan fingerprint density at radius 2 is 1.61 bits per heavy atom. The van der Waals surface area contributed by atoms with Crippen molar-refractivity contribution in [2.75, 3.05) is 29.9 Å². The molecule has 5 heteroatoms. The fourth-order valence-electron chi connectivity index (χ4n) is 4.38. The number of hydrogen-bond acceptors (Lipinski definition) is 4. The zero-order valence-corrected chi connectivity index (χ0v) is 18.2. The van der Waals surface area contributed by atoms with E-state index in [-0.39, 0.29) is 5.92 Å². The van der Waals surface area contributed by atoms with E-state index in [0.29, 0.717) is 5.56 Å². The number of nitrogens with zero attached hydrogens (tertiary/aromatic N) is 1. The van der Waals surface area contributed by atoms with Gasteiger partial charge < -0.3 is 20.1 Å². The third-order valence-electron chi connectivity index (χ3n) is 5.86. The quantitative estimate of drug-likeness (QED) is 0.390. The first-order chi connectivity index (χ1) is 15.1. The summed E-state index contributed by atoms with van der Waals surface area (Å²) in [7, 11) is 0. The number of nitrogens with one attached hydrogen (secondary N) is 1. The lowest BCUT2D eigenvalue weighted by atomic mass is 9.80. The number of carbonyl (C=O) groups is 1. The van der Waals surface area contributed by atoms with E-state index in [4.69, 9.17) is 4.74 Å². The van der Waals surface area contributed by atoms with Crippen molar-refractivity contribution >= 4 is 17.3 Å². The summed E-state index contributed by atoms with van der Waals surface area (Å²) in [4.78, 5) is 14.3. The van der Waals surface area contributed by atoms with Crippen molar-refractivity contribution in [3.8, 4) is 11.5 Å². The number of carboxylic acid groups (broad SMARTS) is 1. The lowest BCUT2D eigenvalue weighted by molar-refractivity contribution is 0.0695. The van der Waals surface area contributed by atoms with E-state index in [2.05, 4.69) is 49.2 Å². The van der Waals surface area contributed by atoms with E-state index < -0.39 is 5.97 Å². The molecule has 2 N–H and O–H groups in total. The normalized spacial score (nSPS) is 14.2. The standard InChI is InChI=1S/C26H28N2O3/c1-4-27-17-11-13-21-23(15-17)31-24-16-18(28(5-2)6-3)12-14-22(24)25(21)19-9-7-8-10-20(19)26(29)30/h7-16,25,27H,4-6H2,1-3H3,(H,29,30). The fourth-order valence-corrected chi connectivity index (χ4v) is 4.38. The van der Waals surface area contributed by atoms with Gasteiger partial charge in [0.15, 0.2) is 0 Å². The summed E-state index contributed by atoms with van der Waals surface area (Å²) in [5, 5.41) is 13.2. The summed E-state index contributed by atoms with van der Waals surface area (Å²) in [6.45, 7) is 8.94. The number of fused-ring (bicyclic) bond motifs is 2. The van der Waals surface area contributed by atoms with Crippen molar-refractivity contribution in [2.24, 2.45) is 0 Å². The molecule has 0 amide bonds. The number of benzene rings is 3. The molecule has 5 nitrogen and oxygen atoms in total. The minimum atomic E-state index is -0.922. The molecule has 0 saturated heterocycles. The molecule has 0 spiro atoms. The van der Waals surface area contributed by atoms with Crippen LogP contribution in [0.4, 0.5) is 11.4 Å². The molecular weight excluding hydrogens is 388 g/mol. The first-order valence-corrected chi connectivity index (χ1v) is 10.8. The van der Waals surface area contributed by atoms with Gasteiger partial charge in [0, 0.05) is 60.2 Å². The van der Waals surface area contributed by atoms with Crippen LogP contribution in [0.2, 0.25) is 0 Å². The Morgan fingerprint density at radius 1 is 0.935 bits per heavy atom. The number of rotatable bonds is 7. The van der Waals surface area contributed by atoms with E-state index in [0.717, 1.165) is 59.2 Å². The molecule has 1 atom stereocenters. The molecule has 31 heavy (non-hydrogen) atoms. The maximum atomic E-state index is 12.0. The summed E-state index contributed by atoms with van der Waals surface area (Å²) < 4.78 is 6.38. The highest BCUT2D eigenvalue weighted by atomic mass is 16.5. The van der Waals surface area contributed by atoms with Crippen molar-refractivity contribution < 1.29 is 14.6 Å². The molecule has 1 aliphatic heterocycles. The maximum Gasteiger partial charge on any atom is 0.335 e. The molecular formula is C26H28N2O3. The molecule has 0 saturated carbocycles. The van der Waals surface area contributed by atoms with Crippen molar-refractivity contribution in [3.63, 3.8) is 0 Å². The van der Waals surface area contributed by atoms with Gasteiger partial charge in [-0.1, -0.05) is 30.3 Å². The van der Waals surface area contributed by atoms with Gasteiger partial charge in [0.05, 0.1) is 5.56 Å². The van der Waals surface area contributed by atoms with Gasteiger partial charge in [-0.05, 0) is 44.5 Å². The van der Waals surface area contributed by atoms with Crippen LogP contribution in [0, 0.1) is 0 Å². The molecule has 0 aromatic heterocycles. The van der Waals surface area contributed by atoms with E-state index in [9.17, 15) is 9.90 Å². The second kappa shape index (κ2) is 8.72. The summed E-state index contributed by atoms with van der Waals surface area (Å²) in [6.07, 6.45) is 0. The third kappa shape index (κ3) is 3.83. The van der Waals surface area contributed by atoms with Gasteiger partial charge in [-0.25, -0.2) is 4.79 Å². The van der Waals surface area contributed by atoms with Gasteiger partial charge in [0.25, 0.3) is 0 Å². The van der Waals surface area contributed by atoms with Crippen LogP contribution >= 0.6 is 0 Å². The average molecular weight is 417 g/mol. The van der Waals surface area contributed by atoms with Crippen molar-refractivity contribution in [1.29, 1.82) is 0 Å². The summed E-state index contributed by atoms with van der Waals surface area (Å²) in [5.41, 5.74) is 5.12. The molecule has 1 unspecified atom stereocenters. The van der Waals surface area contributed by atoms with E-state index >= 15 is 0 Å². The Labute approximate surface area is 183 Å². The topological polar surface area (TPSA) is 61.8 Å². The Balaban J connectivity index is 1.92. The molecule has 4 rings (SSSR count). The van der Waals surface area contributed by atoms with E-state index in [1.807, 2.05) is 30.3 Å². The van der Waals surface area contributed by atoms with Gasteiger partial charge >= 0.3 is 5.97 Å². The van der Waals surface area contributed by atoms with Crippen LogP contribution in [0.25, 0.3) is 0 Å². The fraction of sp³-hybridized carbons (Fsp3) is 0.269. The van der Waals surface area contributed by atoms with Crippen LogP contribution in [0.15, 0.2) is 60.7 Å². The number of anilines is 2. The zero-order valence-electron chi connectivity index (χ0n) is 18.2. The Morgan fingerprint density at radius 3 is 2.29 bits per heavy atom. The predicted octanol–water partition coefficient (Wildman–Crippen LogP) is 5.95. The SMILES string of the molecule is CCNc1ccc2c(c1)Oc1cc(N(CC)CC)ccc1C2c1ccccc1C(=O)O. The zero-order chi connectivity index (χ0) is 22.0. The lowest BCUT2D eigenvalue weighted by Crippen LogP contribution is -2.22. The van der Waals surface area contributed by atoms with Gasteiger partial charge in [-0.15, -0.1) is 0 Å². The summed E-state index contributed by atoms with van der Waals surface area (Å²) in [5.74, 6) is 0.394. The van der Waals surface area contributed by atoms with Crippen molar-refractivity contribution in [1.82, 2.24) is 0 Å². The largest absolute Gasteiger partial charge is 0.478 e. The average Bonchev–Trinajstić information content (AvgIpc) is 2.78. The smallest absolute Gasteiger partial charge is 0.335 e. The summed E-state index contributed by atoms with van der Waals surface area (Å²) in [6, 6.07) is 19.6. The molecule has 0 radical (unpaired) electrons. The number of carboxylic acids is 1. The van der Waals surface area contributed by atoms with Crippen LogP contribution < -0.4 is 15.0 Å². The van der Waals surface area contributed by atoms with Crippen LogP contribution in [0.5, 0.6) is 11.5 Å². The van der Waals surface area contributed by atoms with Crippen LogP contribution in [0.1, 0.15) is 53.7 Å². The number of aromatic carboxylic acids is 1. The van der Waals surface area contributed by atoms with Crippen molar-refractivity contribution in [2.45, 2.75) is 26.7 Å². The first-order valence-electron chi connectivity index (χ1n) is 10.8. The van der Waals surface area contributed by atoms with Crippen LogP contribution in [0.3, 0.4) is 0 Å². The highest BCUT2D eigenvalue weighted by Gasteiger charge is 2.32. The van der Waals surface area contributed by atoms with Crippen LogP contribution in [-0.4, -0.2) is 30.7 Å². The number of hydrogen-bond donors (Lipinski definition) is 2. The van der Waals surface area contributed by atoms with E-state index in [1.165, 1.54) is 0 Å². The monoisotopic (exact) mass is 416 g/mol. The molecule has 1 heterocycles. The van der Waals surface area contributed by atoms with Gasteiger partial charge in [-0.3, -0.25) is 0 Å². The minimum absolute atomic E-state index is 0.215. The molecule has 0 bridgehead atoms. The van der Waals surface area contributed by atoms with Crippen LogP contribution in [-0.2, 0) is 0 Å². The Bertz CT molecular complexity index is 1110. The third-order valence-corrected chi connectivity index (χ3v) is 5.86. The molecule has 3 aromatic rings. The van der Waals surface area contributed by atoms with E-state index in [1.54, 1.807) is 12.1 Å². The highest BCUT2D eigenvalue weighted by Crippen LogP contribution is 2.49.